The van der Waals surface area contributed by atoms with Crippen molar-refractivity contribution in [3.05, 3.63) is 29.5 Å². The number of carbonyl (C=O) groups excluding carboxylic acids is 2. The fourth-order valence-corrected chi connectivity index (χ4v) is 1.22. The summed E-state index contributed by atoms with van der Waals surface area (Å²) in [6.45, 7) is 4.68. The zero-order valence-corrected chi connectivity index (χ0v) is 11.8. The smallest absolute Gasteiger partial charge is 0.516 e. The Labute approximate surface area is 121 Å². The van der Waals surface area contributed by atoms with Crippen LogP contribution in [0.3, 0.4) is 0 Å². The molecule has 0 aliphatic heterocycles. The highest BCUT2D eigenvalue weighted by Crippen LogP contribution is 2.18. The lowest BCUT2D eigenvalue weighted by Gasteiger charge is -2.21. The molecule has 0 aliphatic rings. The van der Waals surface area contributed by atoms with Crippen molar-refractivity contribution in [2.45, 2.75) is 27.1 Å². The highest BCUT2D eigenvalue weighted by atomic mass is 16.8. The first-order chi connectivity index (χ1) is 9.79. The molecule has 1 aromatic rings. The van der Waals surface area contributed by atoms with Gasteiger partial charge in [0.1, 0.15) is 5.75 Å². The molecule has 0 bridgehead atoms. The molecule has 1 atom stereocenters. The third kappa shape index (κ3) is 5.67. The summed E-state index contributed by atoms with van der Waals surface area (Å²) < 4.78 is 14.4. The van der Waals surface area contributed by atoms with Crippen molar-refractivity contribution in [2.75, 3.05) is 5.23 Å². The SMILES string of the molecule is CC(OC(=O)Oc1ccc(N([O-])O)cc1)OC(=O)C(C)C. The molecule has 0 saturated heterocycles. The monoisotopic (exact) mass is 298 g/mol. The van der Waals surface area contributed by atoms with Gasteiger partial charge >= 0.3 is 12.1 Å². The number of esters is 1. The van der Waals surface area contributed by atoms with Crippen molar-refractivity contribution in [3.63, 3.8) is 0 Å². The number of benzene rings is 1. The summed E-state index contributed by atoms with van der Waals surface area (Å²) in [4.78, 5) is 22.7. The quantitative estimate of drug-likeness (QED) is 0.382. The van der Waals surface area contributed by atoms with Crippen LogP contribution in [0.25, 0.3) is 0 Å². The van der Waals surface area contributed by atoms with Gasteiger partial charge in [-0.15, -0.1) is 0 Å². The Kier molecular flexibility index (Phi) is 5.94. The summed E-state index contributed by atoms with van der Waals surface area (Å²) in [5.74, 6) is -0.737. The van der Waals surface area contributed by atoms with Crippen molar-refractivity contribution in [1.82, 2.24) is 0 Å². The van der Waals surface area contributed by atoms with E-state index in [1.807, 2.05) is 0 Å². The second kappa shape index (κ2) is 7.46. The van der Waals surface area contributed by atoms with Crippen LogP contribution in [-0.2, 0) is 14.3 Å². The van der Waals surface area contributed by atoms with Gasteiger partial charge in [0.05, 0.1) is 11.6 Å². The van der Waals surface area contributed by atoms with E-state index in [-0.39, 0.29) is 22.6 Å². The van der Waals surface area contributed by atoms with Crippen LogP contribution in [0.5, 0.6) is 5.75 Å². The topological polar surface area (TPSA) is 108 Å². The molecule has 0 saturated carbocycles. The predicted molar refractivity (Wildman–Crippen MR) is 71.6 cm³/mol. The first-order valence-electron chi connectivity index (χ1n) is 6.14. The van der Waals surface area contributed by atoms with Gasteiger partial charge in [-0.25, -0.2) is 4.79 Å². The average molecular weight is 298 g/mol. The summed E-state index contributed by atoms with van der Waals surface area (Å²) in [7, 11) is 0. The van der Waals surface area contributed by atoms with E-state index in [1.54, 1.807) is 13.8 Å². The van der Waals surface area contributed by atoms with E-state index in [2.05, 4.69) is 0 Å². The van der Waals surface area contributed by atoms with Gasteiger partial charge in [-0.05, 0) is 24.3 Å². The molecule has 8 nitrogen and oxygen atoms in total. The fourth-order valence-electron chi connectivity index (χ4n) is 1.22. The van der Waals surface area contributed by atoms with Crippen LogP contribution >= 0.6 is 0 Å². The molecule has 0 aliphatic carbocycles. The van der Waals surface area contributed by atoms with Gasteiger partial charge < -0.3 is 24.6 Å². The molecule has 116 valence electrons. The summed E-state index contributed by atoms with van der Waals surface area (Å²) in [6, 6.07) is 5.08. The standard InChI is InChI=1S/C13H16NO7/c1-8(2)12(15)19-9(3)20-13(16)21-11-6-4-10(5-7-11)14(17)18/h4-9,17H,1-3H3/q-1. The Morgan fingerprint density at radius 3 is 2.19 bits per heavy atom. The van der Waals surface area contributed by atoms with E-state index >= 15 is 0 Å². The van der Waals surface area contributed by atoms with Crippen LogP contribution in [0.2, 0.25) is 0 Å². The number of nitrogens with zero attached hydrogens (tertiary/aromatic N) is 1. The maximum absolute atomic E-state index is 11.4. The maximum Gasteiger partial charge on any atom is 0.516 e. The minimum absolute atomic E-state index is 0.0186. The molecule has 0 amide bonds. The summed E-state index contributed by atoms with van der Waals surface area (Å²) >= 11 is 0. The molecular weight excluding hydrogens is 282 g/mol. The summed E-state index contributed by atoms with van der Waals surface area (Å²) in [5.41, 5.74) is -0.0186. The van der Waals surface area contributed by atoms with Crippen molar-refractivity contribution in [2.24, 2.45) is 5.92 Å². The van der Waals surface area contributed by atoms with E-state index < -0.39 is 18.4 Å². The minimum Gasteiger partial charge on any atom is -0.733 e. The van der Waals surface area contributed by atoms with E-state index in [0.29, 0.717) is 0 Å². The summed E-state index contributed by atoms with van der Waals surface area (Å²) in [6.07, 6.45) is -2.14. The zero-order chi connectivity index (χ0) is 16.0. The van der Waals surface area contributed by atoms with Crippen molar-refractivity contribution >= 4 is 17.8 Å². The molecule has 21 heavy (non-hydrogen) atoms. The molecule has 0 radical (unpaired) electrons. The minimum atomic E-state index is -1.08. The van der Waals surface area contributed by atoms with Crippen molar-refractivity contribution < 1.29 is 29.0 Å². The third-order valence-corrected chi connectivity index (χ3v) is 2.27. The Morgan fingerprint density at radius 1 is 1.14 bits per heavy atom. The second-order valence-corrected chi connectivity index (χ2v) is 4.40. The third-order valence-electron chi connectivity index (χ3n) is 2.27. The highest BCUT2D eigenvalue weighted by molar-refractivity contribution is 5.72. The van der Waals surface area contributed by atoms with Gasteiger partial charge in [0.2, 0.25) is 6.29 Å². The Hall–Kier alpha value is -2.32. The van der Waals surface area contributed by atoms with Crippen LogP contribution in [0.4, 0.5) is 10.5 Å². The Bertz CT molecular complexity index is 484. The maximum atomic E-state index is 11.4. The van der Waals surface area contributed by atoms with Crippen LogP contribution < -0.4 is 9.96 Å². The van der Waals surface area contributed by atoms with Gasteiger partial charge in [-0.2, -0.15) is 0 Å². The molecule has 0 spiro atoms. The molecule has 1 aromatic carbocycles. The van der Waals surface area contributed by atoms with E-state index in [0.717, 1.165) is 0 Å². The molecule has 1 N–H and O–H groups in total. The van der Waals surface area contributed by atoms with Crippen LogP contribution in [0.1, 0.15) is 20.8 Å². The fraction of sp³-hybridized carbons (Fsp3) is 0.385. The van der Waals surface area contributed by atoms with Crippen molar-refractivity contribution in [1.29, 1.82) is 0 Å². The van der Waals surface area contributed by atoms with Gasteiger partial charge in [0, 0.05) is 6.92 Å². The number of rotatable bonds is 5. The molecule has 0 aromatic heterocycles. The van der Waals surface area contributed by atoms with Gasteiger partial charge in [0.25, 0.3) is 0 Å². The lowest BCUT2D eigenvalue weighted by molar-refractivity contribution is -0.170. The number of ether oxygens (including phenoxy) is 3. The zero-order valence-electron chi connectivity index (χ0n) is 11.8. The normalized spacial score (nSPS) is 11.7. The van der Waals surface area contributed by atoms with E-state index in [1.165, 1.54) is 31.2 Å². The van der Waals surface area contributed by atoms with Crippen molar-refractivity contribution in [3.8, 4) is 5.75 Å². The van der Waals surface area contributed by atoms with Gasteiger partial charge in [0.15, 0.2) is 0 Å². The van der Waals surface area contributed by atoms with Crippen LogP contribution in [0.15, 0.2) is 24.3 Å². The van der Waals surface area contributed by atoms with E-state index in [4.69, 9.17) is 19.4 Å². The number of carbonyl (C=O) groups is 2. The number of hydrogen-bond acceptors (Lipinski definition) is 8. The molecule has 1 unspecified atom stereocenters. The Morgan fingerprint density at radius 2 is 1.71 bits per heavy atom. The first kappa shape index (κ1) is 16.7. The van der Waals surface area contributed by atoms with Gasteiger partial charge in [-0.1, -0.05) is 13.8 Å². The number of hydrogen-bond donors (Lipinski definition) is 1. The molecule has 0 fully saturated rings. The molecule has 0 heterocycles. The lowest BCUT2D eigenvalue weighted by Crippen LogP contribution is -2.25. The largest absolute Gasteiger partial charge is 0.733 e. The molecular formula is C13H16NO7-. The van der Waals surface area contributed by atoms with Crippen LogP contribution in [0, 0.1) is 11.1 Å². The molecule has 8 heteroatoms. The average Bonchev–Trinajstić information content (AvgIpc) is 2.38. The summed E-state index contributed by atoms with van der Waals surface area (Å²) in [5, 5.41) is 18.9. The second-order valence-electron chi connectivity index (χ2n) is 4.40. The van der Waals surface area contributed by atoms with Crippen LogP contribution in [-0.4, -0.2) is 23.6 Å². The first-order valence-corrected chi connectivity index (χ1v) is 6.14. The molecule has 1 rings (SSSR count). The Balaban J connectivity index is 2.48. The van der Waals surface area contributed by atoms with E-state index in [9.17, 15) is 14.8 Å². The lowest BCUT2D eigenvalue weighted by atomic mass is 10.2. The number of anilines is 1. The predicted octanol–water partition coefficient (Wildman–Crippen LogP) is 2.44. The highest BCUT2D eigenvalue weighted by Gasteiger charge is 2.17. The van der Waals surface area contributed by atoms with Gasteiger partial charge in [-0.3, -0.25) is 10.0 Å².